The van der Waals surface area contributed by atoms with Gasteiger partial charge in [-0.3, -0.25) is 19.4 Å². The van der Waals surface area contributed by atoms with Crippen LogP contribution in [0, 0.1) is 5.92 Å². The Morgan fingerprint density at radius 1 is 1.02 bits per heavy atom. The van der Waals surface area contributed by atoms with Crippen molar-refractivity contribution in [1.29, 1.82) is 0 Å². The number of carbonyl (C=O) groups is 4. The summed E-state index contributed by atoms with van der Waals surface area (Å²) in [7, 11) is 0. The number of hydrogen-bond donors (Lipinski definition) is 7. The molecule has 43 heavy (non-hydrogen) atoms. The lowest BCUT2D eigenvalue weighted by Gasteiger charge is -2.37. The summed E-state index contributed by atoms with van der Waals surface area (Å²) < 4.78 is 0. The molecule has 1 aliphatic carbocycles. The number of carbonyl (C=O) groups excluding carboxylic acids is 3. The first-order valence-corrected chi connectivity index (χ1v) is 15.2. The molecule has 1 saturated carbocycles. The molecule has 1 aromatic rings. The highest BCUT2D eigenvalue weighted by atomic mass is 16.4. The topological polar surface area (TPSA) is 221 Å². The number of benzene rings is 1. The fourth-order valence-electron chi connectivity index (χ4n) is 6.06. The zero-order valence-corrected chi connectivity index (χ0v) is 24.8. The molecule has 13 heteroatoms. The van der Waals surface area contributed by atoms with Gasteiger partial charge < -0.3 is 42.3 Å². The summed E-state index contributed by atoms with van der Waals surface area (Å²) in [6.07, 6.45) is 4.41. The quantitative estimate of drug-likeness (QED) is 0.0854. The van der Waals surface area contributed by atoms with E-state index in [4.69, 9.17) is 11.5 Å². The van der Waals surface area contributed by atoms with E-state index in [1.54, 1.807) is 12.1 Å². The number of fused-ring (bicyclic) bond motifs is 1. The summed E-state index contributed by atoms with van der Waals surface area (Å²) in [4.78, 5) is 58.1. The zero-order chi connectivity index (χ0) is 31.5. The van der Waals surface area contributed by atoms with Crippen molar-refractivity contribution in [2.45, 2.75) is 108 Å². The van der Waals surface area contributed by atoms with Crippen molar-refractivity contribution in [3.05, 3.63) is 29.8 Å². The van der Waals surface area contributed by atoms with Gasteiger partial charge in [0.25, 0.3) is 0 Å². The molecule has 238 valence electrons. The van der Waals surface area contributed by atoms with Gasteiger partial charge in [-0.15, -0.1) is 0 Å². The zero-order valence-electron chi connectivity index (χ0n) is 24.8. The summed E-state index contributed by atoms with van der Waals surface area (Å²) >= 11 is 0. The summed E-state index contributed by atoms with van der Waals surface area (Å²) in [6, 6.07) is 2.72. The third-order valence-electron chi connectivity index (χ3n) is 8.28. The van der Waals surface area contributed by atoms with Crippen LogP contribution >= 0.6 is 0 Å². The van der Waals surface area contributed by atoms with Crippen molar-refractivity contribution >= 4 is 29.7 Å². The van der Waals surface area contributed by atoms with Gasteiger partial charge in [0, 0.05) is 25.4 Å². The van der Waals surface area contributed by atoms with Gasteiger partial charge in [-0.1, -0.05) is 31.9 Å². The molecular formula is C30H46N6O7. The maximum absolute atomic E-state index is 14.3. The summed E-state index contributed by atoms with van der Waals surface area (Å²) in [5.41, 5.74) is 11.4. The van der Waals surface area contributed by atoms with E-state index in [2.05, 4.69) is 15.6 Å². The van der Waals surface area contributed by atoms with Gasteiger partial charge in [-0.05, 0) is 68.6 Å². The first-order valence-electron chi connectivity index (χ1n) is 15.2. The number of aliphatic hydroxyl groups is 1. The number of nitrogens with two attached hydrogens (primary N) is 2. The third-order valence-corrected chi connectivity index (χ3v) is 8.28. The van der Waals surface area contributed by atoms with Gasteiger partial charge in [0.2, 0.25) is 17.7 Å². The number of nitrogens with one attached hydrogen (secondary N) is 2. The van der Waals surface area contributed by atoms with Crippen LogP contribution in [-0.2, 0) is 25.6 Å². The molecule has 0 bridgehead atoms. The van der Waals surface area contributed by atoms with Crippen molar-refractivity contribution in [3.63, 3.8) is 0 Å². The molecule has 9 N–H and O–H groups in total. The molecule has 3 unspecified atom stereocenters. The molecule has 1 heterocycles. The van der Waals surface area contributed by atoms with Gasteiger partial charge >= 0.3 is 5.97 Å². The Hall–Kier alpha value is -3.87. The number of phenols is 1. The molecule has 2 fully saturated rings. The van der Waals surface area contributed by atoms with Crippen LogP contribution in [0.3, 0.4) is 0 Å². The first-order chi connectivity index (χ1) is 20.5. The van der Waals surface area contributed by atoms with Crippen LogP contribution in [-0.4, -0.2) is 86.7 Å². The summed E-state index contributed by atoms with van der Waals surface area (Å²) in [5.74, 6) is -2.65. The minimum atomic E-state index is -1.22. The van der Waals surface area contributed by atoms with Crippen LogP contribution in [0.15, 0.2) is 29.3 Å². The number of aromatic hydroxyl groups is 1. The second-order valence-electron chi connectivity index (χ2n) is 11.6. The molecule has 3 rings (SSSR count). The number of nitrogens with zero attached hydrogens (tertiary/aromatic N) is 2. The predicted octanol–water partition coefficient (Wildman–Crippen LogP) is 0.753. The van der Waals surface area contributed by atoms with Crippen LogP contribution in [0.2, 0.25) is 0 Å². The number of carboxylic acid groups (broad SMARTS) is 1. The molecule has 3 amide bonds. The second-order valence-corrected chi connectivity index (χ2v) is 11.6. The van der Waals surface area contributed by atoms with Gasteiger partial charge in [0.1, 0.15) is 23.9 Å². The Morgan fingerprint density at radius 3 is 2.40 bits per heavy atom. The third kappa shape index (κ3) is 9.84. The highest BCUT2D eigenvalue weighted by Crippen LogP contribution is 2.40. The normalized spacial score (nSPS) is 22.6. The lowest BCUT2D eigenvalue weighted by Crippen LogP contribution is -2.58. The monoisotopic (exact) mass is 602 g/mol. The number of carboxylic acids is 1. The van der Waals surface area contributed by atoms with Crippen molar-refractivity contribution in [2.24, 2.45) is 22.4 Å². The largest absolute Gasteiger partial charge is 0.508 e. The van der Waals surface area contributed by atoms with Crippen molar-refractivity contribution < 1.29 is 34.5 Å². The summed E-state index contributed by atoms with van der Waals surface area (Å²) in [5, 5.41) is 35.4. The van der Waals surface area contributed by atoms with Crippen molar-refractivity contribution in [1.82, 2.24) is 15.5 Å². The number of hydrogen-bond acceptors (Lipinski definition) is 7. The molecule has 6 atom stereocenters. The first kappa shape index (κ1) is 33.6. The number of aliphatic hydroxyl groups excluding tert-OH is 1. The Kier molecular flexibility index (Phi) is 12.6. The highest BCUT2D eigenvalue weighted by molar-refractivity contribution is 5.94. The minimum absolute atomic E-state index is 0.0529. The van der Waals surface area contributed by atoms with E-state index in [1.807, 2.05) is 6.92 Å². The molecule has 1 aromatic carbocycles. The van der Waals surface area contributed by atoms with Crippen molar-refractivity contribution in [3.8, 4) is 5.75 Å². The van der Waals surface area contributed by atoms with E-state index in [-0.39, 0.29) is 55.8 Å². The van der Waals surface area contributed by atoms with E-state index in [0.717, 1.165) is 12.8 Å². The smallest absolute Gasteiger partial charge is 0.326 e. The van der Waals surface area contributed by atoms with E-state index in [9.17, 15) is 34.5 Å². The molecule has 1 aliphatic heterocycles. The number of phenolic OH excluding ortho intramolecular Hbond substituents is 1. The maximum Gasteiger partial charge on any atom is 0.326 e. The van der Waals surface area contributed by atoms with E-state index in [1.165, 1.54) is 17.0 Å². The molecule has 2 aliphatic rings. The van der Waals surface area contributed by atoms with Crippen LogP contribution in [0.4, 0.5) is 0 Å². The lowest BCUT2D eigenvalue weighted by atomic mass is 9.83. The Bertz CT molecular complexity index is 1140. The van der Waals surface area contributed by atoms with Gasteiger partial charge in [0.05, 0.1) is 6.10 Å². The molecule has 0 spiro atoms. The Morgan fingerprint density at radius 2 is 1.74 bits per heavy atom. The number of amides is 3. The standard InChI is InChI=1S/C30H46N6O7/c1-2-3-4-7-26(39)34-23(15-18-8-11-20(37)12-9-18)28(41)36-24-17-21(38)13-10-19(24)16-25(36)27(40)35-22(29(42)43)6-5-14-33-30(31)32/h8-9,11-12,19,21-25,37-38H,2-7,10,13-17H2,1H3,(H,34,39)(H,35,40)(H,42,43)(H4,31,32,33)/t19-,21?,22?,23-,24-,25?/m0/s1. The molecule has 0 aromatic heterocycles. The molecule has 13 nitrogen and oxygen atoms in total. The average molecular weight is 603 g/mol. The van der Waals surface area contributed by atoms with Gasteiger partial charge in [-0.25, -0.2) is 4.79 Å². The fraction of sp³-hybridized carbons (Fsp3) is 0.633. The molecule has 1 saturated heterocycles. The van der Waals surface area contributed by atoms with E-state index < -0.39 is 48.1 Å². The molecular weight excluding hydrogens is 556 g/mol. The van der Waals surface area contributed by atoms with Crippen LogP contribution in [0.5, 0.6) is 5.75 Å². The predicted molar refractivity (Wildman–Crippen MR) is 160 cm³/mol. The number of guanidine groups is 1. The number of aliphatic carboxylic acids is 1. The minimum Gasteiger partial charge on any atom is -0.508 e. The van der Waals surface area contributed by atoms with E-state index >= 15 is 0 Å². The molecule has 0 radical (unpaired) electrons. The Labute approximate surface area is 252 Å². The maximum atomic E-state index is 14.3. The fourth-order valence-corrected chi connectivity index (χ4v) is 6.06. The summed E-state index contributed by atoms with van der Waals surface area (Å²) in [6.45, 7) is 2.23. The number of likely N-dealkylation sites (tertiary alicyclic amines) is 1. The SMILES string of the molecule is CCCCCC(=O)N[C@@H](Cc1ccc(O)cc1)C(=O)N1C(C(=O)NC(CCCN=C(N)N)C(=O)O)C[C@@H]2CCC(O)C[C@@H]21. The number of aliphatic imine (C=N–C) groups is 1. The average Bonchev–Trinajstić information content (AvgIpc) is 3.33. The van der Waals surface area contributed by atoms with Crippen LogP contribution in [0.1, 0.15) is 76.7 Å². The van der Waals surface area contributed by atoms with Crippen molar-refractivity contribution in [2.75, 3.05) is 6.54 Å². The van der Waals surface area contributed by atoms with Gasteiger partial charge in [0.15, 0.2) is 5.96 Å². The lowest BCUT2D eigenvalue weighted by molar-refractivity contribution is -0.146. The second kappa shape index (κ2) is 16.1. The number of rotatable bonds is 15. The highest BCUT2D eigenvalue weighted by Gasteiger charge is 2.50. The van der Waals surface area contributed by atoms with Crippen LogP contribution in [0.25, 0.3) is 0 Å². The van der Waals surface area contributed by atoms with Gasteiger partial charge in [-0.2, -0.15) is 0 Å². The van der Waals surface area contributed by atoms with E-state index in [0.29, 0.717) is 37.7 Å². The Balaban J connectivity index is 1.86. The number of unbranched alkanes of at least 4 members (excludes halogenated alkanes) is 2. The van der Waals surface area contributed by atoms with Crippen LogP contribution < -0.4 is 22.1 Å².